The van der Waals surface area contributed by atoms with Gasteiger partial charge in [-0.1, -0.05) is 18.2 Å². The third-order valence-corrected chi connectivity index (χ3v) is 2.83. The van der Waals surface area contributed by atoms with E-state index in [1.807, 2.05) is 0 Å². The molecular weight excluding hydrogens is 232 g/mol. The second-order valence-corrected chi connectivity index (χ2v) is 3.90. The molecule has 5 heteroatoms. The summed E-state index contributed by atoms with van der Waals surface area (Å²) in [4.78, 5) is 25.3. The lowest BCUT2D eigenvalue weighted by atomic mass is 10.2. The molecule has 1 aliphatic rings. The Labute approximate surface area is 102 Å². The van der Waals surface area contributed by atoms with E-state index < -0.39 is 11.8 Å². The van der Waals surface area contributed by atoms with Crippen LogP contribution in [0.4, 0.5) is 5.69 Å². The van der Waals surface area contributed by atoms with Crippen molar-refractivity contribution in [3.05, 3.63) is 59.9 Å². The standard InChI is InChI=1S/C13H9N2O3/c16-12-10-7-4-8-14(18)11(10)13(17)15(12)9-5-2-1-3-6-9/h1-8,18H/q+1. The van der Waals surface area contributed by atoms with E-state index in [1.165, 1.54) is 18.3 Å². The fraction of sp³-hybridized carbons (Fsp3) is 0. The van der Waals surface area contributed by atoms with Crippen molar-refractivity contribution in [3.63, 3.8) is 0 Å². The molecule has 1 aromatic heterocycles. The van der Waals surface area contributed by atoms with Crippen molar-refractivity contribution in [2.24, 2.45) is 0 Å². The van der Waals surface area contributed by atoms with Crippen molar-refractivity contribution < 1.29 is 19.5 Å². The average Bonchev–Trinajstić information content (AvgIpc) is 2.64. The molecule has 0 spiro atoms. The predicted molar refractivity (Wildman–Crippen MR) is 61.4 cm³/mol. The van der Waals surface area contributed by atoms with Gasteiger partial charge in [0.1, 0.15) is 5.56 Å². The van der Waals surface area contributed by atoms with E-state index in [1.54, 1.807) is 30.3 Å². The Morgan fingerprint density at radius 1 is 0.944 bits per heavy atom. The van der Waals surface area contributed by atoms with Crippen LogP contribution in [0.15, 0.2) is 48.7 Å². The zero-order valence-electron chi connectivity index (χ0n) is 9.28. The van der Waals surface area contributed by atoms with E-state index in [-0.39, 0.29) is 11.3 Å². The Morgan fingerprint density at radius 3 is 2.33 bits per heavy atom. The van der Waals surface area contributed by atoms with Gasteiger partial charge < -0.3 is 0 Å². The molecule has 18 heavy (non-hydrogen) atoms. The molecule has 5 nitrogen and oxygen atoms in total. The number of amides is 2. The molecule has 1 N–H and O–H groups in total. The van der Waals surface area contributed by atoms with Crippen LogP contribution in [0.3, 0.4) is 0 Å². The van der Waals surface area contributed by atoms with Gasteiger partial charge in [0.25, 0.3) is 5.91 Å². The smallest absolute Gasteiger partial charge is 0.284 e. The van der Waals surface area contributed by atoms with E-state index in [0.29, 0.717) is 10.4 Å². The molecule has 0 fully saturated rings. The SMILES string of the molecule is O=C1c2ccc[n+](O)c2C(=O)N1c1ccccc1. The van der Waals surface area contributed by atoms with Crippen LogP contribution in [0, 0.1) is 0 Å². The van der Waals surface area contributed by atoms with Gasteiger partial charge in [0.05, 0.1) is 5.69 Å². The number of pyridine rings is 1. The predicted octanol–water partition coefficient (Wildman–Crippen LogP) is 1.01. The van der Waals surface area contributed by atoms with E-state index in [9.17, 15) is 14.8 Å². The molecule has 0 unspecified atom stereocenters. The van der Waals surface area contributed by atoms with E-state index in [0.717, 1.165) is 4.90 Å². The number of carbonyl (C=O) groups is 2. The van der Waals surface area contributed by atoms with E-state index in [4.69, 9.17) is 0 Å². The maximum atomic E-state index is 12.2. The highest BCUT2D eigenvalue weighted by atomic mass is 16.5. The zero-order chi connectivity index (χ0) is 12.7. The molecule has 0 aliphatic carbocycles. The molecule has 0 atom stereocenters. The van der Waals surface area contributed by atoms with Crippen LogP contribution in [0.1, 0.15) is 20.8 Å². The molecule has 3 rings (SSSR count). The highest BCUT2D eigenvalue weighted by molar-refractivity contribution is 6.33. The summed E-state index contributed by atoms with van der Waals surface area (Å²) in [5, 5.41) is 9.60. The van der Waals surface area contributed by atoms with Gasteiger partial charge in [-0.05, 0) is 18.2 Å². The van der Waals surface area contributed by atoms with Crippen LogP contribution < -0.4 is 9.63 Å². The molecule has 0 radical (unpaired) electrons. The topological polar surface area (TPSA) is 61.5 Å². The van der Waals surface area contributed by atoms with Crippen LogP contribution in [0.5, 0.6) is 0 Å². The summed E-state index contributed by atoms with van der Waals surface area (Å²) in [5.74, 6) is -0.950. The van der Waals surface area contributed by atoms with Crippen LogP contribution in [-0.2, 0) is 0 Å². The van der Waals surface area contributed by atoms with Crippen LogP contribution in [0.2, 0.25) is 0 Å². The summed E-state index contributed by atoms with van der Waals surface area (Å²) in [6, 6.07) is 11.7. The highest BCUT2D eigenvalue weighted by Crippen LogP contribution is 2.25. The maximum absolute atomic E-state index is 12.2. The summed E-state index contributed by atoms with van der Waals surface area (Å²) in [7, 11) is 0. The first-order valence-electron chi connectivity index (χ1n) is 5.38. The number of hydrogen-bond donors (Lipinski definition) is 1. The average molecular weight is 241 g/mol. The van der Waals surface area contributed by atoms with Crippen molar-refractivity contribution in [2.75, 3.05) is 4.90 Å². The molecular formula is C13H9N2O3+. The Hall–Kier alpha value is -2.69. The number of para-hydroxylation sites is 1. The maximum Gasteiger partial charge on any atom is 0.335 e. The summed E-state index contributed by atoms with van der Waals surface area (Å²) in [6.07, 6.45) is 1.32. The van der Waals surface area contributed by atoms with Crippen molar-refractivity contribution >= 4 is 17.5 Å². The first-order valence-corrected chi connectivity index (χ1v) is 5.38. The summed E-state index contributed by atoms with van der Waals surface area (Å²) >= 11 is 0. The Balaban J connectivity index is 2.17. The van der Waals surface area contributed by atoms with Crippen molar-refractivity contribution in [3.8, 4) is 0 Å². The number of fused-ring (bicyclic) bond motifs is 1. The molecule has 0 saturated heterocycles. The van der Waals surface area contributed by atoms with Crippen LogP contribution >= 0.6 is 0 Å². The third kappa shape index (κ3) is 1.31. The van der Waals surface area contributed by atoms with Crippen LogP contribution in [0.25, 0.3) is 0 Å². The van der Waals surface area contributed by atoms with Crippen molar-refractivity contribution in [1.82, 2.24) is 0 Å². The number of anilines is 1. The van der Waals surface area contributed by atoms with Crippen molar-refractivity contribution in [1.29, 1.82) is 0 Å². The molecule has 0 bridgehead atoms. The Kier molecular flexibility index (Phi) is 2.13. The fourth-order valence-corrected chi connectivity index (χ4v) is 2.01. The lowest BCUT2D eigenvalue weighted by Gasteiger charge is -2.11. The second-order valence-electron chi connectivity index (χ2n) is 3.90. The second kappa shape index (κ2) is 3.66. The number of benzene rings is 1. The lowest BCUT2D eigenvalue weighted by molar-refractivity contribution is -0.905. The first kappa shape index (κ1) is 10.5. The number of rotatable bonds is 1. The molecule has 1 aliphatic heterocycles. The minimum atomic E-state index is -0.524. The van der Waals surface area contributed by atoms with E-state index in [2.05, 4.69) is 0 Å². The molecule has 88 valence electrons. The minimum absolute atomic E-state index is 0.00801. The van der Waals surface area contributed by atoms with Gasteiger partial charge in [0, 0.05) is 10.8 Å². The number of hydrogen-bond acceptors (Lipinski definition) is 3. The largest absolute Gasteiger partial charge is 0.335 e. The Morgan fingerprint density at radius 2 is 1.67 bits per heavy atom. The summed E-state index contributed by atoms with van der Waals surface area (Å²) < 4.78 is 0.679. The summed E-state index contributed by atoms with van der Waals surface area (Å²) in [6.45, 7) is 0. The number of imide groups is 1. The number of carbonyl (C=O) groups excluding carboxylic acids is 2. The highest BCUT2D eigenvalue weighted by Gasteiger charge is 2.44. The van der Waals surface area contributed by atoms with E-state index >= 15 is 0 Å². The first-order chi connectivity index (χ1) is 8.70. The van der Waals surface area contributed by atoms with Crippen molar-refractivity contribution in [2.45, 2.75) is 0 Å². The molecule has 0 saturated carbocycles. The number of aromatic nitrogens is 1. The normalized spacial score (nSPS) is 13.9. The monoisotopic (exact) mass is 241 g/mol. The zero-order valence-corrected chi connectivity index (χ0v) is 9.28. The molecule has 1 aromatic carbocycles. The van der Waals surface area contributed by atoms with Gasteiger partial charge in [-0.2, -0.15) is 0 Å². The number of nitrogens with zero attached hydrogens (tertiary/aromatic N) is 2. The minimum Gasteiger partial charge on any atom is -0.284 e. The van der Waals surface area contributed by atoms with Gasteiger partial charge in [-0.3, -0.25) is 14.8 Å². The fourth-order valence-electron chi connectivity index (χ4n) is 2.01. The van der Waals surface area contributed by atoms with Gasteiger partial charge >= 0.3 is 11.6 Å². The van der Waals surface area contributed by atoms with Gasteiger partial charge in [-0.15, -0.1) is 0 Å². The molecule has 2 aromatic rings. The molecule has 2 heterocycles. The molecule has 2 amide bonds. The third-order valence-electron chi connectivity index (χ3n) is 2.83. The lowest BCUT2D eigenvalue weighted by Crippen LogP contribution is -2.39. The summed E-state index contributed by atoms with van der Waals surface area (Å²) in [5.41, 5.74) is 0.684. The Bertz CT molecular complexity index is 653. The van der Waals surface area contributed by atoms with Gasteiger partial charge in [0.2, 0.25) is 6.20 Å². The van der Waals surface area contributed by atoms with Gasteiger partial charge in [-0.25, -0.2) is 4.90 Å². The van der Waals surface area contributed by atoms with Crippen LogP contribution in [-0.4, -0.2) is 17.0 Å². The van der Waals surface area contributed by atoms with Gasteiger partial charge in [0.15, 0.2) is 0 Å². The quantitative estimate of drug-likeness (QED) is 0.460.